The van der Waals surface area contributed by atoms with Crippen LogP contribution in [0.25, 0.3) is 0 Å². The van der Waals surface area contributed by atoms with Crippen molar-refractivity contribution in [2.24, 2.45) is 5.92 Å². The predicted molar refractivity (Wildman–Crippen MR) is 114 cm³/mol. The van der Waals surface area contributed by atoms with E-state index < -0.39 is 5.92 Å². The average molecular weight is 421 g/mol. The minimum Gasteiger partial charge on any atom is -0.468 e. The van der Waals surface area contributed by atoms with E-state index in [1.54, 1.807) is 0 Å². The molecule has 1 unspecified atom stereocenters. The van der Waals surface area contributed by atoms with Crippen LogP contribution in [0.5, 0.6) is 0 Å². The molecule has 8 heteroatoms. The summed E-state index contributed by atoms with van der Waals surface area (Å²) in [5, 5.41) is 14.2. The van der Waals surface area contributed by atoms with Crippen molar-refractivity contribution in [2.75, 3.05) is 57.9 Å². The van der Waals surface area contributed by atoms with Gasteiger partial charge in [-0.25, -0.2) is 0 Å². The molecule has 0 saturated carbocycles. The van der Waals surface area contributed by atoms with Crippen molar-refractivity contribution >= 4 is 11.8 Å². The summed E-state index contributed by atoms with van der Waals surface area (Å²) in [6.07, 6.45) is 4.68. The van der Waals surface area contributed by atoms with E-state index in [1.165, 1.54) is 20.0 Å². The molecule has 1 aromatic heterocycles. The first-order valence-electron chi connectivity index (χ1n) is 11.4. The summed E-state index contributed by atoms with van der Waals surface area (Å²) < 4.78 is 10.5. The number of rotatable bonds is 7. The average Bonchev–Trinajstić information content (AvgIpc) is 3.45. The normalized spacial score (nSPS) is 28.8. The van der Waals surface area contributed by atoms with Crippen molar-refractivity contribution in [2.45, 2.75) is 57.0 Å². The van der Waals surface area contributed by atoms with Crippen LogP contribution in [-0.2, 0) is 9.53 Å². The maximum absolute atomic E-state index is 12.1. The Bertz CT molecular complexity index is 730. The lowest BCUT2D eigenvalue weighted by Gasteiger charge is -2.39. The fourth-order valence-corrected chi connectivity index (χ4v) is 5.70. The number of piperazine rings is 1. The first-order valence-corrected chi connectivity index (χ1v) is 11.4. The summed E-state index contributed by atoms with van der Waals surface area (Å²) in [6, 6.07) is 2.46. The molecule has 1 N–H and O–H groups in total. The van der Waals surface area contributed by atoms with Crippen molar-refractivity contribution in [1.29, 1.82) is 0 Å². The summed E-state index contributed by atoms with van der Waals surface area (Å²) >= 11 is 0. The van der Waals surface area contributed by atoms with E-state index in [1.807, 2.05) is 19.9 Å². The Morgan fingerprint density at radius 3 is 2.73 bits per heavy atom. The topological polar surface area (TPSA) is 82.3 Å². The first-order chi connectivity index (χ1) is 14.5. The molecule has 168 valence electrons. The Balaban J connectivity index is 1.32. The molecule has 3 saturated heterocycles. The van der Waals surface area contributed by atoms with Gasteiger partial charge in [0.15, 0.2) is 11.6 Å². The number of anilines is 1. The minimum atomic E-state index is -0.424. The standard InChI is InChI=1S/C22H36N4O4/c1-16(2)20(21(28)29-3)18-13-19(23-30-18)25-11-9-24(10-12-25)14-17-5-7-22(15-27)6-4-8-26(17)22/h13,16-17,20,27H,4-12,14-15H2,1-3H3/t17-,20?,22-/m0/s1. The molecule has 3 fully saturated rings. The van der Waals surface area contributed by atoms with Crippen LogP contribution in [0.3, 0.4) is 0 Å². The number of aliphatic hydroxyl groups excluding tert-OH is 1. The summed E-state index contributed by atoms with van der Waals surface area (Å²) in [5.41, 5.74) is 0.0657. The lowest BCUT2D eigenvalue weighted by atomic mass is 9.93. The van der Waals surface area contributed by atoms with Gasteiger partial charge in [0.1, 0.15) is 5.92 Å². The highest BCUT2D eigenvalue weighted by Crippen LogP contribution is 2.42. The zero-order valence-corrected chi connectivity index (χ0v) is 18.5. The van der Waals surface area contributed by atoms with Crippen LogP contribution in [0.4, 0.5) is 5.82 Å². The molecule has 0 radical (unpaired) electrons. The van der Waals surface area contributed by atoms with Gasteiger partial charge in [0.05, 0.1) is 13.7 Å². The van der Waals surface area contributed by atoms with Gasteiger partial charge in [-0.3, -0.25) is 14.6 Å². The van der Waals surface area contributed by atoms with Gasteiger partial charge in [-0.05, 0) is 38.1 Å². The van der Waals surface area contributed by atoms with Gasteiger partial charge in [-0.1, -0.05) is 19.0 Å². The van der Waals surface area contributed by atoms with Crippen LogP contribution in [0.15, 0.2) is 10.6 Å². The van der Waals surface area contributed by atoms with Crippen molar-refractivity contribution in [3.63, 3.8) is 0 Å². The molecule has 4 rings (SSSR count). The number of carbonyl (C=O) groups excluding carboxylic acids is 1. The number of aliphatic hydroxyl groups is 1. The molecule has 3 atom stereocenters. The number of hydrogen-bond acceptors (Lipinski definition) is 8. The SMILES string of the molecule is COC(=O)C(c1cc(N2CCN(C[C@@H]3CC[C@]4(CO)CCCN34)CC2)no1)C(C)C. The van der Waals surface area contributed by atoms with E-state index in [-0.39, 0.29) is 17.4 Å². The van der Waals surface area contributed by atoms with Gasteiger partial charge in [0.2, 0.25) is 0 Å². The zero-order chi connectivity index (χ0) is 21.3. The maximum atomic E-state index is 12.1. The quantitative estimate of drug-likeness (QED) is 0.668. The second-order valence-corrected chi connectivity index (χ2v) is 9.49. The fourth-order valence-electron chi connectivity index (χ4n) is 5.70. The molecule has 3 aliphatic rings. The molecule has 1 aromatic rings. The zero-order valence-electron chi connectivity index (χ0n) is 18.5. The summed E-state index contributed by atoms with van der Waals surface area (Å²) in [7, 11) is 1.41. The van der Waals surface area contributed by atoms with E-state index >= 15 is 0 Å². The smallest absolute Gasteiger partial charge is 0.316 e. The molecule has 8 nitrogen and oxygen atoms in total. The van der Waals surface area contributed by atoms with E-state index in [0.29, 0.717) is 18.4 Å². The van der Waals surface area contributed by atoms with E-state index in [2.05, 4.69) is 19.9 Å². The van der Waals surface area contributed by atoms with Crippen LogP contribution in [-0.4, -0.2) is 90.6 Å². The Labute approximate surface area is 179 Å². The Morgan fingerprint density at radius 1 is 1.30 bits per heavy atom. The predicted octanol–water partition coefficient (Wildman–Crippen LogP) is 1.70. The Morgan fingerprint density at radius 2 is 2.07 bits per heavy atom. The Kier molecular flexibility index (Phi) is 6.36. The third-order valence-corrected chi connectivity index (χ3v) is 7.44. The number of ether oxygens (including phenoxy) is 1. The molecular weight excluding hydrogens is 384 g/mol. The highest BCUT2D eigenvalue weighted by atomic mass is 16.5. The largest absolute Gasteiger partial charge is 0.468 e. The highest BCUT2D eigenvalue weighted by molar-refractivity contribution is 5.77. The van der Waals surface area contributed by atoms with Crippen LogP contribution < -0.4 is 4.90 Å². The molecule has 4 heterocycles. The molecule has 30 heavy (non-hydrogen) atoms. The number of hydrogen-bond donors (Lipinski definition) is 1. The van der Waals surface area contributed by atoms with Crippen LogP contribution >= 0.6 is 0 Å². The fraction of sp³-hybridized carbons (Fsp3) is 0.818. The molecule has 0 spiro atoms. The summed E-state index contributed by atoms with van der Waals surface area (Å²) in [6.45, 7) is 10.3. The number of carbonyl (C=O) groups is 1. The number of fused-ring (bicyclic) bond motifs is 1. The molecular formula is C22H36N4O4. The lowest BCUT2D eigenvalue weighted by Crippen LogP contribution is -2.52. The highest BCUT2D eigenvalue weighted by Gasteiger charge is 2.48. The van der Waals surface area contributed by atoms with Crippen LogP contribution in [0.1, 0.15) is 51.2 Å². The number of esters is 1. The number of methoxy groups -OCH3 is 1. The second kappa shape index (κ2) is 8.85. The third-order valence-electron chi connectivity index (χ3n) is 7.44. The van der Waals surface area contributed by atoms with Crippen LogP contribution in [0, 0.1) is 5.92 Å². The molecule has 0 aliphatic carbocycles. The van der Waals surface area contributed by atoms with E-state index in [4.69, 9.17) is 9.26 Å². The van der Waals surface area contributed by atoms with Crippen molar-refractivity contribution in [3.05, 3.63) is 11.8 Å². The van der Waals surface area contributed by atoms with Gasteiger partial charge < -0.3 is 19.3 Å². The molecule has 3 aliphatic heterocycles. The molecule has 0 amide bonds. The summed E-state index contributed by atoms with van der Waals surface area (Å²) in [4.78, 5) is 19.5. The number of aromatic nitrogens is 1. The van der Waals surface area contributed by atoms with Crippen LogP contribution in [0.2, 0.25) is 0 Å². The van der Waals surface area contributed by atoms with Crippen molar-refractivity contribution < 1.29 is 19.2 Å². The first kappa shape index (κ1) is 21.6. The van der Waals surface area contributed by atoms with E-state index in [9.17, 15) is 9.90 Å². The van der Waals surface area contributed by atoms with Gasteiger partial charge >= 0.3 is 5.97 Å². The summed E-state index contributed by atoms with van der Waals surface area (Å²) in [5.74, 6) is 0.758. The minimum absolute atomic E-state index is 0.0657. The Hall–Kier alpha value is -1.64. The number of nitrogens with zero attached hydrogens (tertiary/aromatic N) is 4. The van der Waals surface area contributed by atoms with Crippen molar-refractivity contribution in [3.8, 4) is 0 Å². The van der Waals surface area contributed by atoms with E-state index in [0.717, 1.165) is 57.9 Å². The van der Waals surface area contributed by atoms with Gasteiger partial charge in [-0.15, -0.1) is 0 Å². The van der Waals surface area contributed by atoms with Gasteiger partial charge in [-0.2, -0.15) is 0 Å². The lowest BCUT2D eigenvalue weighted by molar-refractivity contribution is -0.144. The maximum Gasteiger partial charge on any atom is 0.316 e. The van der Waals surface area contributed by atoms with Gasteiger partial charge in [0, 0.05) is 50.4 Å². The second-order valence-electron chi connectivity index (χ2n) is 9.49. The van der Waals surface area contributed by atoms with Crippen molar-refractivity contribution in [1.82, 2.24) is 15.0 Å². The van der Waals surface area contributed by atoms with Gasteiger partial charge in [0.25, 0.3) is 0 Å². The molecule has 0 bridgehead atoms. The third kappa shape index (κ3) is 3.97. The monoisotopic (exact) mass is 420 g/mol. The molecule has 0 aromatic carbocycles.